The molecule has 0 bridgehead atoms. The molecule has 184 valence electrons. The van der Waals surface area contributed by atoms with Crippen molar-refractivity contribution in [1.82, 2.24) is 15.2 Å². The van der Waals surface area contributed by atoms with Gasteiger partial charge in [0.2, 0.25) is 11.8 Å². The van der Waals surface area contributed by atoms with E-state index in [2.05, 4.69) is 34.3 Å². The predicted molar refractivity (Wildman–Crippen MR) is 138 cm³/mol. The second-order valence-corrected chi connectivity index (χ2v) is 9.02. The second kappa shape index (κ2) is 12.9. The topological polar surface area (TPSA) is 63.7 Å². The Balaban J connectivity index is 1.43. The number of carbonyl (C=O) groups is 1. The number of benzene rings is 2. The van der Waals surface area contributed by atoms with Crippen molar-refractivity contribution in [2.45, 2.75) is 45.6 Å². The van der Waals surface area contributed by atoms with E-state index in [1.54, 1.807) is 6.20 Å². The van der Waals surface area contributed by atoms with Crippen LogP contribution >= 0.6 is 0 Å². The third-order valence-electron chi connectivity index (χ3n) is 6.27. The number of ether oxygens (including phenoxy) is 2. The standard InChI is InChI=1S/C29H35N3O3/c1-23-11-4-5-12-24(23)16-18-30-28(33)22-32-19-8-2-3-9-20-34-26-14-6-7-15-27(26)35-29-25(21-32)13-10-17-31-29/h4-7,10-15,17H,2-3,8-9,16,18-22H2,1H3,(H,30,33). The third kappa shape index (κ3) is 7.55. The lowest BCUT2D eigenvalue weighted by molar-refractivity contribution is -0.122. The number of aromatic nitrogens is 1. The van der Waals surface area contributed by atoms with Gasteiger partial charge in [-0.05, 0) is 62.1 Å². The van der Waals surface area contributed by atoms with E-state index >= 15 is 0 Å². The van der Waals surface area contributed by atoms with Crippen LogP contribution < -0.4 is 14.8 Å². The highest BCUT2D eigenvalue weighted by Crippen LogP contribution is 2.32. The molecule has 0 aliphatic carbocycles. The van der Waals surface area contributed by atoms with Gasteiger partial charge in [0.15, 0.2) is 11.5 Å². The van der Waals surface area contributed by atoms with Gasteiger partial charge in [-0.2, -0.15) is 0 Å². The zero-order valence-electron chi connectivity index (χ0n) is 20.5. The highest BCUT2D eigenvalue weighted by atomic mass is 16.5. The highest BCUT2D eigenvalue weighted by molar-refractivity contribution is 5.78. The van der Waals surface area contributed by atoms with E-state index in [9.17, 15) is 4.79 Å². The second-order valence-electron chi connectivity index (χ2n) is 9.02. The van der Waals surface area contributed by atoms with Gasteiger partial charge in [-0.15, -0.1) is 0 Å². The van der Waals surface area contributed by atoms with Crippen LogP contribution in [0.15, 0.2) is 66.9 Å². The molecule has 0 saturated carbocycles. The lowest BCUT2D eigenvalue weighted by atomic mass is 10.1. The van der Waals surface area contributed by atoms with Crippen LogP contribution in [0.2, 0.25) is 0 Å². The van der Waals surface area contributed by atoms with Crippen LogP contribution in [0.25, 0.3) is 0 Å². The van der Waals surface area contributed by atoms with E-state index in [4.69, 9.17) is 9.47 Å². The minimum Gasteiger partial charge on any atom is -0.490 e. The lowest BCUT2D eigenvalue weighted by Crippen LogP contribution is -2.38. The molecular weight excluding hydrogens is 438 g/mol. The minimum atomic E-state index is 0.0461. The summed E-state index contributed by atoms with van der Waals surface area (Å²) in [5.74, 6) is 1.98. The van der Waals surface area contributed by atoms with Gasteiger partial charge in [0.1, 0.15) is 0 Å². The number of nitrogens with zero attached hydrogens (tertiary/aromatic N) is 2. The molecule has 6 heteroatoms. The van der Waals surface area contributed by atoms with Crippen LogP contribution in [-0.4, -0.2) is 42.0 Å². The molecule has 2 heterocycles. The van der Waals surface area contributed by atoms with E-state index in [1.807, 2.05) is 48.5 Å². The summed E-state index contributed by atoms with van der Waals surface area (Å²) in [4.78, 5) is 19.5. The van der Waals surface area contributed by atoms with Crippen LogP contribution in [0.1, 0.15) is 42.4 Å². The Morgan fingerprint density at radius 2 is 1.77 bits per heavy atom. The summed E-state index contributed by atoms with van der Waals surface area (Å²) in [5.41, 5.74) is 3.48. The molecule has 0 unspecified atom stereocenters. The first-order valence-electron chi connectivity index (χ1n) is 12.6. The molecule has 1 aromatic heterocycles. The number of nitrogens with one attached hydrogen (secondary N) is 1. The van der Waals surface area contributed by atoms with Crippen molar-refractivity contribution < 1.29 is 14.3 Å². The summed E-state index contributed by atoms with van der Waals surface area (Å²) in [6.45, 7) is 5.18. The average molecular weight is 474 g/mol. The SMILES string of the molecule is Cc1ccccc1CCNC(=O)CN1CCCCCCOc2ccccc2Oc2ncccc2C1. The van der Waals surface area contributed by atoms with Crippen LogP contribution in [-0.2, 0) is 17.8 Å². The van der Waals surface area contributed by atoms with Crippen molar-refractivity contribution in [2.75, 3.05) is 26.2 Å². The van der Waals surface area contributed by atoms with E-state index in [0.29, 0.717) is 37.9 Å². The molecule has 0 radical (unpaired) electrons. The summed E-state index contributed by atoms with van der Waals surface area (Å²) >= 11 is 0. The fraction of sp³-hybridized carbons (Fsp3) is 0.379. The number of para-hydroxylation sites is 2. The Hall–Kier alpha value is -3.38. The Labute approximate surface area is 208 Å². The van der Waals surface area contributed by atoms with E-state index in [0.717, 1.165) is 50.0 Å². The monoisotopic (exact) mass is 473 g/mol. The Bertz CT molecular complexity index is 1100. The molecule has 1 N–H and O–H groups in total. The van der Waals surface area contributed by atoms with Crippen molar-refractivity contribution in [1.29, 1.82) is 0 Å². The van der Waals surface area contributed by atoms with Crippen molar-refractivity contribution in [2.24, 2.45) is 0 Å². The molecule has 0 atom stereocenters. The molecule has 1 amide bonds. The van der Waals surface area contributed by atoms with Crippen molar-refractivity contribution >= 4 is 5.91 Å². The van der Waals surface area contributed by atoms with Crippen LogP contribution in [0.4, 0.5) is 0 Å². The van der Waals surface area contributed by atoms with Gasteiger partial charge in [-0.25, -0.2) is 4.98 Å². The molecule has 0 spiro atoms. The maximum Gasteiger partial charge on any atom is 0.234 e. The summed E-state index contributed by atoms with van der Waals surface area (Å²) in [7, 11) is 0. The average Bonchev–Trinajstić information content (AvgIpc) is 2.86. The van der Waals surface area contributed by atoms with E-state index in [1.165, 1.54) is 11.1 Å². The first-order valence-corrected chi connectivity index (χ1v) is 12.6. The zero-order chi connectivity index (χ0) is 24.3. The van der Waals surface area contributed by atoms with Gasteiger partial charge in [-0.3, -0.25) is 9.69 Å². The van der Waals surface area contributed by atoms with Gasteiger partial charge in [-0.1, -0.05) is 55.3 Å². The number of hydrogen-bond acceptors (Lipinski definition) is 5. The molecule has 35 heavy (non-hydrogen) atoms. The Kier molecular flexibility index (Phi) is 9.12. The molecule has 1 aliphatic heterocycles. The number of fused-ring (bicyclic) bond motifs is 2. The third-order valence-corrected chi connectivity index (χ3v) is 6.27. The number of pyridine rings is 1. The van der Waals surface area contributed by atoms with E-state index < -0.39 is 0 Å². The van der Waals surface area contributed by atoms with Crippen LogP contribution in [0.3, 0.4) is 0 Å². The van der Waals surface area contributed by atoms with Gasteiger partial charge in [0.25, 0.3) is 0 Å². The van der Waals surface area contributed by atoms with Crippen LogP contribution in [0, 0.1) is 6.92 Å². The molecule has 2 aromatic carbocycles. The minimum absolute atomic E-state index is 0.0461. The van der Waals surface area contributed by atoms with Crippen molar-refractivity contribution in [3.63, 3.8) is 0 Å². The largest absolute Gasteiger partial charge is 0.490 e. The van der Waals surface area contributed by atoms with Gasteiger partial charge < -0.3 is 14.8 Å². The first-order chi connectivity index (χ1) is 17.2. The first kappa shape index (κ1) is 24.7. The molecule has 0 fully saturated rings. The lowest BCUT2D eigenvalue weighted by Gasteiger charge is -2.23. The molecular formula is C29H35N3O3. The molecule has 3 aromatic rings. The Morgan fingerprint density at radius 1 is 0.971 bits per heavy atom. The van der Waals surface area contributed by atoms with Gasteiger partial charge in [0.05, 0.1) is 13.2 Å². The number of aryl methyl sites for hydroxylation is 1. The molecule has 4 rings (SSSR count). The number of rotatable bonds is 5. The normalized spacial score (nSPS) is 15.0. The quantitative estimate of drug-likeness (QED) is 0.545. The zero-order valence-corrected chi connectivity index (χ0v) is 20.5. The maximum absolute atomic E-state index is 12.8. The maximum atomic E-state index is 12.8. The summed E-state index contributed by atoms with van der Waals surface area (Å²) in [6.07, 6.45) is 6.78. The molecule has 1 aliphatic rings. The smallest absolute Gasteiger partial charge is 0.234 e. The Morgan fingerprint density at radius 3 is 2.66 bits per heavy atom. The summed E-state index contributed by atoms with van der Waals surface area (Å²) < 4.78 is 12.2. The summed E-state index contributed by atoms with van der Waals surface area (Å²) in [5, 5.41) is 3.10. The number of carbonyl (C=O) groups excluding carboxylic acids is 1. The summed E-state index contributed by atoms with van der Waals surface area (Å²) in [6, 6.07) is 20.0. The highest BCUT2D eigenvalue weighted by Gasteiger charge is 2.16. The van der Waals surface area contributed by atoms with Crippen LogP contribution in [0.5, 0.6) is 17.4 Å². The number of hydrogen-bond donors (Lipinski definition) is 1. The van der Waals surface area contributed by atoms with E-state index in [-0.39, 0.29) is 5.91 Å². The van der Waals surface area contributed by atoms with Gasteiger partial charge >= 0.3 is 0 Å². The molecule has 0 saturated heterocycles. The van der Waals surface area contributed by atoms with Crippen molar-refractivity contribution in [3.05, 3.63) is 83.6 Å². The number of amides is 1. The fourth-order valence-electron chi connectivity index (χ4n) is 4.31. The van der Waals surface area contributed by atoms with Gasteiger partial charge in [0, 0.05) is 24.8 Å². The van der Waals surface area contributed by atoms with Crippen molar-refractivity contribution in [3.8, 4) is 17.4 Å². The fourth-order valence-corrected chi connectivity index (χ4v) is 4.31. The molecule has 6 nitrogen and oxygen atoms in total. The predicted octanol–water partition coefficient (Wildman–Crippen LogP) is 5.30.